The van der Waals surface area contributed by atoms with Gasteiger partial charge in [0.05, 0.1) is 36.5 Å². The summed E-state index contributed by atoms with van der Waals surface area (Å²) in [4.78, 5) is 14.3. The quantitative estimate of drug-likeness (QED) is 0.506. The fraction of sp³-hybridized carbons (Fsp3) is 0.391. The highest BCUT2D eigenvalue weighted by Crippen LogP contribution is 2.45. The summed E-state index contributed by atoms with van der Waals surface area (Å²) in [6.07, 6.45) is 5.93. The fourth-order valence-electron chi connectivity index (χ4n) is 4.30. The average Bonchev–Trinajstić information content (AvgIpc) is 3.40. The lowest BCUT2D eigenvalue weighted by Gasteiger charge is -2.29. The summed E-state index contributed by atoms with van der Waals surface area (Å²) in [7, 11) is 3.75. The Morgan fingerprint density at radius 3 is 2.79 bits per heavy atom. The molecular formula is C23H28FN5O3S. The van der Waals surface area contributed by atoms with Crippen LogP contribution in [-0.4, -0.2) is 49.4 Å². The summed E-state index contributed by atoms with van der Waals surface area (Å²) in [5, 5.41) is 6.98. The molecule has 176 valence electrons. The molecule has 5 rings (SSSR count). The lowest BCUT2D eigenvalue weighted by Crippen LogP contribution is -2.23. The van der Waals surface area contributed by atoms with Crippen LogP contribution in [0.25, 0.3) is 5.52 Å². The molecule has 1 unspecified atom stereocenters. The number of rotatable bonds is 3. The van der Waals surface area contributed by atoms with E-state index in [4.69, 9.17) is 9.47 Å². The first-order valence-electron chi connectivity index (χ1n) is 10.9. The second-order valence-electron chi connectivity index (χ2n) is 7.94. The van der Waals surface area contributed by atoms with Crippen molar-refractivity contribution in [3.63, 3.8) is 0 Å². The Morgan fingerprint density at radius 2 is 2.00 bits per heavy atom. The number of halogens is 1. The molecule has 1 saturated heterocycles. The molecule has 2 aliphatic heterocycles. The Bertz CT molecular complexity index is 1140. The molecule has 1 amide bonds. The fourth-order valence-corrected chi connectivity index (χ4v) is 4.42. The maximum absolute atomic E-state index is 14.4. The Balaban J connectivity index is 0.000000821. The zero-order valence-corrected chi connectivity index (χ0v) is 19.6. The number of hydrogen-bond acceptors (Lipinski definition) is 7. The summed E-state index contributed by atoms with van der Waals surface area (Å²) >= 11 is 3.86. The number of carbonyl (C=O) groups excluding carboxylic acids is 1. The van der Waals surface area contributed by atoms with Gasteiger partial charge in [-0.2, -0.15) is 5.10 Å². The van der Waals surface area contributed by atoms with Crippen molar-refractivity contribution >= 4 is 29.9 Å². The van der Waals surface area contributed by atoms with E-state index in [1.807, 2.05) is 32.4 Å². The molecule has 2 N–H and O–H groups in total. The van der Waals surface area contributed by atoms with Gasteiger partial charge < -0.3 is 19.7 Å². The van der Waals surface area contributed by atoms with Gasteiger partial charge in [0.15, 0.2) is 11.5 Å². The van der Waals surface area contributed by atoms with Gasteiger partial charge in [0, 0.05) is 36.5 Å². The second kappa shape index (κ2) is 10.3. The number of amides is 1. The van der Waals surface area contributed by atoms with Crippen LogP contribution >= 0.6 is 12.8 Å². The number of pyridine rings is 1. The van der Waals surface area contributed by atoms with Crippen molar-refractivity contribution < 1.29 is 18.7 Å². The van der Waals surface area contributed by atoms with E-state index in [1.165, 1.54) is 12.3 Å². The number of aromatic nitrogens is 2. The number of carbonyl (C=O) groups is 1. The van der Waals surface area contributed by atoms with Crippen LogP contribution in [-0.2, 0) is 0 Å². The molecule has 10 heteroatoms. The number of fused-ring (bicyclic) bond motifs is 2. The second-order valence-corrected chi connectivity index (χ2v) is 8.16. The standard InChI is InChI=1S/C21H21FN4O3S.C2H7N/c22-13-9-15(20-19(10-13)28-7-2-8-29-20)17-3-1-5-25(17)14-4-6-26-18(11-14)16(12-23-26)21(27)24-30;1-3-2/h4,6,9-12,17,30H,1-3,5,7-8H2,(H,24,27);3H,1-2H3. The summed E-state index contributed by atoms with van der Waals surface area (Å²) in [5.41, 5.74) is 2.86. The van der Waals surface area contributed by atoms with E-state index in [0.717, 1.165) is 37.1 Å². The number of thiol groups is 1. The summed E-state index contributed by atoms with van der Waals surface area (Å²) in [6, 6.07) is 6.77. The molecular weight excluding hydrogens is 445 g/mol. The largest absolute Gasteiger partial charge is 0.489 e. The molecule has 8 nitrogen and oxygen atoms in total. The van der Waals surface area contributed by atoms with Gasteiger partial charge in [-0.05, 0) is 45.1 Å². The number of benzene rings is 1. The van der Waals surface area contributed by atoms with Gasteiger partial charge in [-0.15, -0.1) is 0 Å². The topological polar surface area (TPSA) is 80.1 Å². The minimum atomic E-state index is -0.333. The van der Waals surface area contributed by atoms with Gasteiger partial charge >= 0.3 is 0 Å². The summed E-state index contributed by atoms with van der Waals surface area (Å²) in [6.45, 7) is 1.87. The molecule has 1 atom stereocenters. The molecule has 0 spiro atoms. The minimum absolute atomic E-state index is 0.0522. The zero-order valence-electron chi connectivity index (χ0n) is 18.7. The molecule has 0 bridgehead atoms. The Hall–Kier alpha value is -2.98. The number of hydrogen-bond donors (Lipinski definition) is 3. The lowest BCUT2D eigenvalue weighted by atomic mass is 10.0. The molecule has 1 aromatic carbocycles. The van der Waals surface area contributed by atoms with E-state index >= 15 is 0 Å². The maximum atomic E-state index is 14.4. The van der Waals surface area contributed by atoms with Gasteiger partial charge in [-0.3, -0.25) is 9.52 Å². The van der Waals surface area contributed by atoms with Crippen LogP contribution in [0, 0.1) is 5.82 Å². The normalized spacial score (nSPS) is 17.3. The van der Waals surface area contributed by atoms with E-state index in [1.54, 1.807) is 10.6 Å². The third-order valence-corrected chi connectivity index (χ3v) is 5.84. The predicted molar refractivity (Wildman–Crippen MR) is 128 cm³/mol. The average molecular weight is 474 g/mol. The van der Waals surface area contributed by atoms with Gasteiger partial charge in [0.25, 0.3) is 5.91 Å². The van der Waals surface area contributed by atoms with Crippen LogP contribution in [0.1, 0.15) is 41.2 Å². The van der Waals surface area contributed by atoms with E-state index in [-0.39, 0.29) is 17.8 Å². The molecule has 2 aromatic heterocycles. The van der Waals surface area contributed by atoms with Crippen LogP contribution < -0.4 is 24.4 Å². The Labute approximate surface area is 197 Å². The molecule has 2 aliphatic rings. The van der Waals surface area contributed by atoms with E-state index in [0.29, 0.717) is 35.8 Å². The first-order valence-corrected chi connectivity index (χ1v) is 11.4. The molecule has 33 heavy (non-hydrogen) atoms. The molecule has 3 aromatic rings. The number of ether oxygens (including phenoxy) is 2. The van der Waals surface area contributed by atoms with Gasteiger partial charge in [0.1, 0.15) is 5.82 Å². The molecule has 0 aliphatic carbocycles. The third-order valence-electron chi connectivity index (χ3n) is 5.64. The third kappa shape index (κ3) is 4.72. The maximum Gasteiger partial charge on any atom is 0.264 e. The first kappa shape index (κ1) is 23.2. The van der Waals surface area contributed by atoms with E-state index in [9.17, 15) is 9.18 Å². The van der Waals surface area contributed by atoms with Crippen LogP contribution in [0.15, 0.2) is 36.7 Å². The van der Waals surface area contributed by atoms with Crippen molar-refractivity contribution in [2.75, 3.05) is 38.8 Å². The molecule has 0 radical (unpaired) electrons. The first-order chi connectivity index (χ1) is 16.1. The van der Waals surface area contributed by atoms with Crippen LogP contribution in [0.2, 0.25) is 0 Å². The van der Waals surface area contributed by atoms with E-state index in [2.05, 4.69) is 32.9 Å². The number of nitrogens with zero attached hydrogens (tertiary/aromatic N) is 3. The smallest absolute Gasteiger partial charge is 0.264 e. The lowest BCUT2D eigenvalue weighted by molar-refractivity contribution is 0.0986. The summed E-state index contributed by atoms with van der Waals surface area (Å²) < 4.78 is 30.1. The van der Waals surface area contributed by atoms with Gasteiger partial charge in [-0.1, -0.05) is 12.8 Å². The minimum Gasteiger partial charge on any atom is -0.489 e. The Kier molecular flexibility index (Phi) is 7.24. The zero-order chi connectivity index (χ0) is 23.4. The van der Waals surface area contributed by atoms with Crippen molar-refractivity contribution in [1.29, 1.82) is 0 Å². The van der Waals surface area contributed by atoms with Crippen LogP contribution in [0.5, 0.6) is 11.5 Å². The molecule has 4 heterocycles. The van der Waals surface area contributed by atoms with Crippen LogP contribution in [0.4, 0.5) is 10.1 Å². The van der Waals surface area contributed by atoms with Crippen molar-refractivity contribution in [2.45, 2.75) is 25.3 Å². The Morgan fingerprint density at radius 1 is 1.21 bits per heavy atom. The highest BCUT2D eigenvalue weighted by Gasteiger charge is 2.32. The van der Waals surface area contributed by atoms with Crippen molar-refractivity contribution in [2.24, 2.45) is 0 Å². The van der Waals surface area contributed by atoms with Crippen molar-refractivity contribution in [3.05, 3.63) is 53.6 Å². The highest BCUT2D eigenvalue weighted by molar-refractivity contribution is 7.78. The van der Waals surface area contributed by atoms with Crippen molar-refractivity contribution in [3.8, 4) is 11.5 Å². The monoisotopic (exact) mass is 473 g/mol. The van der Waals surface area contributed by atoms with Gasteiger partial charge in [0.2, 0.25) is 0 Å². The van der Waals surface area contributed by atoms with E-state index < -0.39 is 0 Å². The molecule has 1 fully saturated rings. The number of nitrogens with one attached hydrogen (secondary N) is 2. The molecule has 0 saturated carbocycles. The van der Waals surface area contributed by atoms with Gasteiger partial charge in [-0.25, -0.2) is 8.91 Å². The van der Waals surface area contributed by atoms with Crippen molar-refractivity contribution in [1.82, 2.24) is 19.7 Å². The summed E-state index contributed by atoms with van der Waals surface area (Å²) in [5.74, 6) is 0.448. The van der Waals surface area contributed by atoms with Crippen LogP contribution in [0.3, 0.4) is 0 Å². The predicted octanol–water partition coefficient (Wildman–Crippen LogP) is 3.39. The number of anilines is 1. The SMILES string of the molecule is CNC.O=C(NS)c1cnn2ccc(N3CCCC3c3cc(F)cc4c3OCCCO4)cc12. The highest BCUT2D eigenvalue weighted by atomic mass is 32.1.